The van der Waals surface area contributed by atoms with Crippen LogP contribution in [-0.4, -0.2) is 46.8 Å². The van der Waals surface area contributed by atoms with Crippen LogP contribution >= 0.6 is 0 Å². The summed E-state index contributed by atoms with van der Waals surface area (Å²) in [7, 11) is 0. The highest BCUT2D eigenvalue weighted by Crippen LogP contribution is 2.19. The minimum Gasteiger partial charge on any atom is -0.481 e. The molecule has 0 spiro atoms. The van der Waals surface area contributed by atoms with Gasteiger partial charge < -0.3 is 20.4 Å². The second-order valence-electron chi connectivity index (χ2n) is 5.29. The van der Waals surface area contributed by atoms with Gasteiger partial charge in [0.05, 0.1) is 6.42 Å². The first kappa shape index (κ1) is 15.3. The summed E-state index contributed by atoms with van der Waals surface area (Å²) >= 11 is 0. The van der Waals surface area contributed by atoms with Crippen molar-refractivity contribution >= 4 is 17.7 Å². The third kappa shape index (κ3) is 4.19. The molecule has 0 aliphatic carbocycles. The third-order valence-corrected chi connectivity index (χ3v) is 3.67. The Morgan fingerprint density at radius 2 is 2.10 bits per heavy atom. The number of carbonyl (C=O) groups excluding carboxylic acids is 1. The number of aliphatic hydroxyl groups excluding tert-OH is 1. The number of benzene rings is 1. The molecule has 0 bridgehead atoms. The van der Waals surface area contributed by atoms with Crippen LogP contribution in [0, 0.1) is 5.92 Å². The number of aliphatic carboxylic acids is 1. The first-order valence-electron chi connectivity index (χ1n) is 7.06. The minimum absolute atomic E-state index is 0.0827. The maximum absolute atomic E-state index is 12.3. The molecule has 1 aliphatic heterocycles. The molecule has 1 atom stereocenters. The van der Waals surface area contributed by atoms with E-state index in [1.54, 1.807) is 29.2 Å². The second kappa shape index (κ2) is 7.08. The number of hydrogen-bond acceptors (Lipinski definition) is 3. The highest BCUT2D eigenvalue weighted by molar-refractivity contribution is 5.91. The zero-order valence-electron chi connectivity index (χ0n) is 11.8. The summed E-state index contributed by atoms with van der Waals surface area (Å²) in [5, 5.41) is 20.9. The molecule has 1 aromatic carbocycles. The number of para-hydroxylation sites is 1. The van der Waals surface area contributed by atoms with Crippen molar-refractivity contribution in [2.75, 3.05) is 25.0 Å². The largest absolute Gasteiger partial charge is 0.481 e. The molecule has 1 unspecified atom stereocenters. The van der Waals surface area contributed by atoms with Crippen LogP contribution in [0.5, 0.6) is 0 Å². The topological polar surface area (TPSA) is 89.9 Å². The number of nitrogens with zero attached hydrogens (tertiary/aromatic N) is 1. The SMILES string of the molecule is O=C(O)Cc1ccccc1NC(=O)N1CCCC(CO)C1. The Bertz CT molecular complexity index is 518. The lowest BCUT2D eigenvalue weighted by Crippen LogP contribution is -2.43. The zero-order chi connectivity index (χ0) is 15.2. The average Bonchev–Trinajstić information content (AvgIpc) is 2.48. The Kier molecular flexibility index (Phi) is 5.16. The summed E-state index contributed by atoms with van der Waals surface area (Å²) in [4.78, 5) is 24.8. The molecule has 6 nitrogen and oxygen atoms in total. The Hall–Kier alpha value is -2.08. The van der Waals surface area contributed by atoms with Crippen LogP contribution in [0.4, 0.5) is 10.5 Å². The predicted molar refractivity (Wildman–Crippen MR) is 78.2 cm³/mol. The van der Waals surface area contributed by atoms with Gasteiger partial charge in [-0.2, -0.15) is 0 Å². The van der Waals surface area contributed by atoms with E-state index in [1.165, 1.54) is 0 Å². The fourth-order valence-electron chi connectivity index (χ4n) is 2.55. The van der Waals surface area contributed by atoms with Gasteiger partial charge in [0.25, 0.3) is 0 Å². The maximum atomic E-state index is 12.3. The number of aliphatic hydroxyl groups is 1. The molecule has 1 aliphatic rings. The van der Waals surface area contributed by atoms with Gasteiger partial charge in [0.2, 0.25) is 0 Å². The van der Waals surface area contributed by atoms with E-state index in [2.05, 4.69) is 5.32 Å². The monoisotopic (exact) mass is 292 g/mol. The van der Waals surface area contributed by atoms with E-state index in [-0.39, 0.29) is 25.0 Å². The molecular weight excluding hydrogens is 272 g/mol. The van der Waals surface area contributed by atoms with E-state index in [0.29, 0.717) is 24.3 Å². The number of carbonyl (C=O) groups is 2. The molecule has 1 aromatic rings. The second-order valence-corrected chi connectivity index (χ2v) is 5.29. The molecule has 0 radical (unpaired) electrons. The fraction of sp³-hybridized carbons (Fsp3) is 0.467. The molecule has 0 aromatic heterocycles. The number of rotatable bonds is 4. The number of likely N-dealkylation sites (tertiary alicyclic amines) is 1. The summed E-state index contributed by atoms with van der Waals surface area (Å²) in [6.07, 6.45) is 1.67. The molecule has 1 heterocycles. The Morgan fingerprint density at radius 1 is 1.33 bits per heavy atom. The van der Waals surface area contributed by atoms with Gasteiger partial charge in [-0.3, -0.25) is 4.79 Å². The standard InChI is InChI=1S/C15H20N2O4/c18-10-11-4-3-7-17(9-11)15(21)16-13-6-2-1-5-12(13)8-14(19)20/h1-2,5-6,11,18H,3-4,7-10H2,(H,16,21)(H,19,20). The number of amides is 2. The molecule has 21 heavy (non-hydrogen) atoms. The van der Waals surface area contributed by atoms with E-state index in [4.69, 9.17) is 5.11 Å². The molecular formula is C15H20N2O4. The van der Waals surface area contributed by atoms with Crippen LogP contribution in [0.15, 0.2) is 24.3 Å². The van der Waals surface area contributed by atoms with Crippen molar-refractivity contribution in [3.63, 3.8) is 0 Å². The summed E-state index contributed by atoms with van der Waals surface area (Å²) in [5.41, 5.74) is 1.10. The van der Waals surface area contributed by atoms with Crippen LogP contribution in [0.2, 0.25) is 0 Å². The van der Waals surface area contributed by atoms with Gasteiger partial charge in [0.15, 0.2) is 0 Å². The van der Waals surface area contributed by atoms with Gasteiger partial charge >= 0.3 is 12.0 Å². The Balaban J connectivity index is 2.04. The lowest BCUT2D eigenvalue weighted by atomic mass is 9.99. The maximum Gasteiger partial charge on any atom is 0.321 e. The summed E-state index contributed by atoms with van der Waals surface area (Å²) in [6.45, 7) is 1.27. The van der Waals surface area contributed by atoms with Crippen molar-refractivity contribution in [3.8, 4) is 0 Å². The van der Waals surface area contributed by atoms with Crippen LogP contribution in [0.25, 0.3) is 0 Å². The lowest BCUT2D eigenvalue weighted by molar-refractivity contribution is -0.136. The van der Waals surface area contributed by atoms with E-state index >= 15 is 0 Å². The average molecular weight is 292 g/mol. The fourth-order valence-corrected chi connectivity index (χ4v) is 2.55. The van der Waals surface area contributed by atoms with Gasteiger partial charge in [-0.15, -0.1) is 0 Å². The highest BCUT2D eigenvalue weighted by Gasteiger charge is 2.23. The van der Waals surface area contributed by atoms with Gasteiger partial charge in [-0.1, -0.05) is 18.2 Å². The number of carboxylic acids is 1. The van der Waals surface area contributed by atoms with E-state index in [9.17, 15) is 14.7 Å². The van der Waals surface area contributed by atoms with Crippen molar-refractivity contribution in [3.05, 3.63) is 29.8 Å². The van der Waals surface area contributed by atoms with Crippen molar-refractivity contribution in [1.82, 2.24) is 4.90 Å². The smallest absolute Gasteiger partial charge is 0.321 e. The quantitative estimate of drug-likeness (QED) is 0.785. The number of carboxylic acid groups (broad SMARTS) is 1. The number of anilines is 1. The molecule has 2 amide bonds. The summed E-state index contributed by atoms with van der Waals surface area (Å²) < 4.78 is 0. The van der Waals surface area contributed by atoms with Crippen LogP contribution in [-0.2, 0) is 11.2 Å². The minimum atomic E-state index is -0.935. The normalized spacial score (nSPS) is 18.3. The third-order valence-electron chi connectivity index (χ3n) is 3.67. The molecule has 0 saturated carbocycles. The summed E-state index contributed by atoms with van der Waals surface area (Å²) in [5.74, 6) is -0.811. The number of urea groups is 1. The first-order valence-corrected chi connectivity index (χ1v) is 7.06. The zero-order valence-corrected chi connectivity index (χ0v) is 11.8. The van der Waals surface area contributed by atoms with Crippen molar-refractivity contribution in [2.24, 2.45) is 5.92 Å². The van der Waals surface area contributed by atoms with Crippen molar-refractivity contribution < 1.29 is 19.8 Å². The van der Waals surface area contributed by atoms with Crippen molar-refractivity contribution in [2.45, 2.75) is 19.3 Å². The van der Waals surface area contributed by atoms with Gasteiger partial charge in [-0.25, -0.2) is 4.79 Å². The number of hydrogen-bond donors (Lipinski definition) is 3. The van der Waals surface area contributed by atoms with E-state index in [0.717, 1.165) is 12.8 Å². The first-order chi connectivity index (χ1) is 10.1. The van der Waals surface area contributed by atoms with Gasteiger partial charge in [0, 0.05) is 25.4 Å². The van der Waals surface area contributed by atoms with E-state index in [1.807, 2.05) is 0 Å². The van der Waals surface area contributed by atoms with Crippen molar-refractivity contribution in [1.29, 1.82) is 0 Å². The number of piperidine rings is 1. The molecule has 6 heteroatoms. The Labute approximate surface area is 123 Å². The Morgan fingerprint density at radius 3 is 2.81 bits per heavy atom. The van der Waals surface area contributed by atoms with Crippen LogP contribution < -0.4 is 5.32 Å². The van der Waals surface area contributed by atoms with Crippen LogP contribution in [0.1, 0.15) is 18.4 Å². The summed E-state index contributed by atoms with van der Waals surface area (Å²) in [6, 6.07) is 6.65. The highest BCUT2D eigenvalue weighted by atomic mass is 16.4. The van der Waals surface area contributed by atoms with E-state index < -0.39 is 5.97 Å². The lowest BCUT2D eigenvalue weighted by Gasteiger charge is -2.32. The van der Waals surface area contributed by atoms with Crippen LogP contribution in [0.3, 0.4) is 0 Å². The molecule has 1 saturated heterocycles. The molecule has 114 valence electrons. The predicted octanol–water partition coefficient (Wildman–Crippen LogP) is 1.55. The number of nitrogens with one attached hydrogen (secondary N) is 1. The van der Waals surface area contributed by atoms with Gasteiger partial charge in [0.1, 0.15) is 0 Å². The van der Waals surface area contributed by atoms with Gasteiger partial charge in [-0.05, 0) is 30.4 Å². The molecule has 2 rings (SSSR count). The molecule has 1 fully saturated rings. The molecule has 3 N–H and O–H groups in total.